The lowest BCUT2D eigenvalue weighted by Crippen LogP contribution is -2.00. The Balaban J connectivity index is 1.25. The minimum Gasteiger partial charge on any atom is -0.477 e. The van der Waals surface area contributed by atoms with Crippen molar-refractivity contribution in [1.29, 1.82) is 0 Å². The van der Waals surface area contributed by atoms with E-state index in [4.69, 9.17) is 4.74 Å². The predicted octanol–water partition coefficient (Wildman–Crippen LogP) is 8.35. The number of hydrogen-bond donors (Lipinski definition) is 0. The monoisotopic (exact) mass is 451 g/mol. The van der Waals surface area contributed by atoms with Crippen LogP contribution in [0.1, 0.15) is 115 Å². The van der Waals surface area contributed by atoms with E-state index in [0.717, 1.165) is 36.6 Å². The molecule has 182 valence electrons. The molecule has 1 aliphatic rings. The largest absolute Gasteiger partial charge is 0.477 e. The van der Waals surface area contributed by atoms with Crippen LogP contribution in [0.4, 0.5) is 0 Å². The highest BCUT2D eigenvalue weighted by molar-refractivity contribution is 5.57. The number of rotatable bonds is 19. The number of unbranched alkanes of at least 4 members (excludes halogenated alkanes) is 11. The molecule has 2 aromatic rings. The van der Waals surface area contributed by atoms with Gasteiger partial charge in [-0.25, -0.2) is 0 Å². The van der Waals surface area contributed by atoms with E-state index < -0.39 is 0 Å². The third kappa shape index (κ3) is 11.1. The van der Waals surface area contributed by atoms with Gasteiger partial charge < -0.3 is 4.74 Å². The van der Waals surface area contributed by atoms with Crippen molar-refractivity contribution in [2.24, 2.45) is 5.92 Å². The molecule has 0 atom stereocenters. The van der Waals surface area contributed by atoms with Crippen molar-refractivity contribution in [3.05, 3.63) is 36.2 Å². The van der Waals surface area contributed by atoms with Gasteiger partial charge in [0.1, 0.15) is 0 Å². The van der Waals surface area contributed by atoms with Crippen LogP contribution in [0.15, 0.2) is 30.5 Å². The minimum absolute atomic E-state index is 0.611. The first-order chi connectivity index (χ1) is 16.3. The third-order valence-electron chi connectivity index (χ3n) is 6.75. The first-order valence-electron chi connectivity index (χ1n) is 13.8. The first kappa shape index (κ1) is 25.6. The second-order valence-electron chi connectivity index (χ2n) is 9.87. The molecule has 0 spiro atoms. The smallest absolute Gasteiger partial charge is 0.233 e. The van der Waals surface area contributed by atoms with Crippen molar-refractivity contribution in [3.8, 4) is 17.1 Å². The molecule has 0 aromatic carbocycles. The molecule has 33 heavy (non-hydrogen) atoms. The topological polar surface area (TPSA) is 47.9 Å². The fourth-order valence-electron chi connectivity index (χ4n) is 4.36. The molecule has 1 fully saturated rings. The molecule has 2 aromatic heterocycles. The van der Waals surface area contributed by atoms with Crippen LogP contribution in [-0.4, -0.2) is 21.8 Å². The van der Waals surface area contributed by atoms with Crippen LogP contribution < -0.4 is 4.74 Å². The molecule has 2 heterocycles. The highest BCUT2D eigenvalue weighted by Gasteiger charge is 2.19. The van der Waals surface area contributed by atoms with E-state index in [-0.39, 0.29) is 0 Å². The molecule has 4 heteroatoms. The van der Waals surface area contributed by atoms with Gasteiger partial charge in [-0.3, -0.25) is 4.98 Å². The molecule has 0 radical (unpaired) electrons. The van der Waals surface area contributed by atoms with Gasteiger partial charge in [0.25, 0.3) is 0 Å². The van der Waals surface area contributed by atoms with Crippen molar-refractivity contribution < 1.29 is 4.74 Å². The summed E-state index contributed by atoms with van der Waals surface area (Å²) in [6, 6.07) is 8.14. The molecule has 0 unspecified atom stereocenters. The Hall–Kier alpha value is -1.97. The minimum atomic E-state index is 0.611. The lowest BCUT2D eigenvalue weighted by molar-refractivity contribution is 0.290. The lowest BCUT2D eigenvalue weighted by atomic mass is 10.0. The first-order valence-corrected chi connectivity index (χ1v) is 13.8. The second-order valence-corrected chi connectivity index (χ2v) is 9.87. The average molecular weight is 452 g/mol. The maximum absolute atomic E-state index is 5.74. The van der Waals surface area contributed by atoms with E-state index in [2.05, 4.69) is 34.2 Å². The standard InChI is InChI=1S/C29H45N3O/c1-2-3-4-5-11-14-23-33-29-22-21-28(31-32-29)26-19-20-27(30-24-26)16-13-10-8-6-7-9-12-15-25-17-18-25/h19-22,24-25H,2-18,23H2,1H3. The summed E-state index contributed by atoms with van der Waals surface area (Å²) < 4.78 is 5.74. The molecule has 0 amide bonds. The molecule has 0 saturated heterocycles. The maximum atomic E-state index is 5.74. The Morgan fingerprint density at radius 1 is 0.758 bits per heavy atom. The summed E-state index contributed by atoms with van der Waals surface area (Å²) in [5.74, 6) is 1.71. The van der Waals surface area contributed by atoms with E-state index in [0.29, 0.717) is 5.88 Å². The van der Waals surface area contributed by atoms with Gasteiger partial charge in [0.15, 0.2) is 0 Å². The molecule has 0 bridgehead atoms. The number of hydrogen-bond acceptors (Lipinski definition) is 4. The Morgan fingerprint density at radius 3 is 2.15 bits per heavy atom. The van der Waals surface area contributed by atoms with Crippen molar-refractivity contribution in [2.75, 3.05) is 6.61 Å². The van der Waals surface area contributed by atoms with Crippen LogP contribution in [0.2, 0.25) is 0 Å². The summed E-state index contributed by atoms with van der Waals surface area (Å²) in [7, 11) is 0. The summed E-state index contributed by atoms with van der Waals surface area (Å²) in [5, 5.41) is 8.57. The van der Waals surface area contributed by atoms with Crippen LogP contribution in [0.5, 0.6) is 5.88 Å². The zero-order valence-corrected chi connectivity index (χ0v) is 20.9. The van der Waals surface area contributed by atoms with Crippen LogP contribution >= 0.6 is 0 Å². The number of ether oxygens (including phenoxy) is 1. The Morgan fingerprint density at radius 2 is 1.48 bits per heavy atom. The van der Waals surface area contributed by atoms with Gasteiger partial charge in [0.2, 0.25) is 5.88 Å². The molecular weight excluding hydrogens is 406 g/mol. The highest BCUT2D eigenvalue weighted by Crippen LogP contribution is 2.34. The van der Waals surface area contributed by atoms with Crippen molar-refractivity contribution in [1.82, 2.24) is 15.2 Å². The van der Waals surface area contributed by atoms with Gasteiger partial charge >= 0.3 is 0 Å². The van der Waals surface area contributed by atoms with Crippen LogP contribution in [-0.2, 0) is 6.42 Å². The predicted molar refractivity (Wildman–Crippen MR) is 137 cm³/mol. The van der Waals surface area contributed by atoms with Gasteiger partial charge in [-0.05, 0) is 43.4 Å². The van der Waals surface area contributed by atoms with Crippen molar-refractivity contribution >= 4 is 0 Å². The van der Waals surface area contributed by atoms with Gasteiger partial charge in [-0.15, -0.1) is 10.2 Å². The summed E-state index contributed by atoms with van der Waals surface area (Å²) in [5.41, 5.74) is 3.04. The van der Waals surface area contributed by atoms with Crippen LogP contribution in [0.25, 0.3) is 11.3 Å². The molecule has 0 N–H and O–H groups in total. The fraction of sp³-hybridized carbons (Fsp3) is 0.690. The zero-order valence-electron chi connectivity index (χ0n) is 20.9. The summed E-state index contributed by atoms with van der Waals surface area (Å²) >= 11 is 0. The van der Waals surface area contributed by atoms with Crippen LogP contribution in [0, 0.1) is 5.92 Å². The number of nitrogens with zero attached hydrogens (tertiary/aromatic N) is 3. The fourth-order valence-corrected chi connectivity index (χ4v) is 4.36. The summed E-state index contributed by atoms with van der Waals surface area (Å²) in [4.78, 5) is 4.65. The van der Waals surface area contributed by atoms with Crippen molar-refractivity contribution in [2.45, 2.75) is 116 Å². The van der Waals surface area contributed by atoms with E-state index in [1.54, 1.807) is 0 Å². The summed E-state index contributed by atoms with van der Waals surface area (Å²) in [6.45, 7) is 2.97. The number of aromatic nitrogens is 3. The molecule has 1 saturated carbocycles. The van der Waals surface area contributed by atoms with Crippen molar-refractivity contribution in [3.63, 3.8) is 0 Å². The van der Waals surface area contributed by atoms with E-state index in [1.165, 1.54) is 102 Å². The van der Waals surface area contributed by atoms with Gasteiger partial charge in [0.05, 0.1) is 12.3 Å². The number of aryl methyl sites for hydroxylation is 1. The third-order valence-corrected chi connectivity index (χ3v) is 6.75. The maximum Gasteiger partial charge on any atom is 0.233 e. The zero-order chi connectivity index (χ0) is 23.0. The Kier molecular flexibility index (Phi) is 12.3. The molecular formula is C29H45N3O. The second kappa shape index (κ2) is 15.8. The normalized spacial score (nSPS) is 13.4. The quantitative estimate of drug-likeness (QED) is 0.201. The molecule has 0 aliphatic heterocycles. The molecule has 1 aliphatic carbocycles. The Labute approximate surface area is 202 Å². The summed E-state index contributed by atoms with van der Waals surface area (Å²) in [6.07, 6.45) is 24.7. The van der Waals surface area contributed by atoms with Gasteiger partial charge in [-0.1, -0.05) is 96.8 Å². The van der Waals surface area contributed by atoms with E-state index in [1.807, 2.05) is 18.3 Å². The van der Waals surface area contributed by atoms with E-state index >= 15 is 0 Å². The van der Waals surface area contributed by atoms with E-state index in [9.17, 15) is 0 Å². The Bertz CT molecular complexity index is 740. The molecule has 3 rings (SSSR count). The number of pyridine rings is 1. The van der Waals surface area contributed by atoms with Crippen LogP contribution in [0.3, 0.4) is 0 Å². The molecule has 4 nitrogen and oxygen atoms in total. The van der Waals surface area contributed by atoms with Gasteiger partial charge in [-0.2, -0.15) is 0 Å². The lowest BCUT2D eigenvalue weighted by Gasteiger charge is -2.06. The van der Waals surface area contributed by atoms with Gasteiger partial charge in [0, 0.05) is 23.5 Å². The highest BCUT2D eigenvalue weighted by atomic mass is 16.5. The SMILES string of the molecule is CCCCCCCCOc1ccc(-c2ccc(CCCCCCCCCC3CC3)nc2)nn1. The average Bonchev–Trinajstić information content (AvgIpc) is 3.68.